The minimum absolute atomic E-state index is 0.0140. The molecule has 132 valence electrons. The number of benzene rings is 2. The number of carbonyl (C=O) groups excluding carboxylic acids is 2. The van der Waals surface area contributed by atoms with E-state index in [-0.39, 0.29) is 24.3 Å². The normalized spacial score (nSPS) is 10.2. The average molecular weight is 385 g/mol. The first kappa shape index (κ1) is 19.0. The first-order valence-electron chi connectivity index (χ1n) is 7.21. The lowest BCUT2D eigenvalue weighted by Gasteiger charge is -2.12. The number of hydrogen-bond acceptors (Lipinski definition) is 3. The largest absolute Gasteiger partial charge is 0.351 e. The third-order valence-electron chi connectivity index (χ3n) is 3.02. The first-order valence-corrected chi connectivity index (χ1v) is 7.96. The molecule has 0 atom stereocenters. The van der Waals surface area contributed by atoms with Crippen molar-refractivity contribution >= 4 is 46.5 Å². The predicted molar refractivity (Wildman–Crippen MR) is 96.9 cm³/mol. The Hall–Kier alpha value is -2.35. The minimum atomic E-state index is -0.684. The van der Waals surface area contributed by atoms with E-state index in [1.54, 1.807) is 0 Å². The molecule has 2 aromatic carbocycles. The summed E-state index contributed by atoms with van der Waals surface area (Å²) in [5.41, 5.74) is 5.80. The molecule has 0 bridgehead atoms. The van der Waals surface area contributed by atoms with Gasteiger partial charge in [0.15, 0.2) is 0 Å². The van der Waals surface area contributed by atoms with Crippen molar-refractivity contribution < 1.29 is 14.0 Å². The molecule has 0 aromatic heterocycles. The zero-order chi connectivity index (χ0) is 18.4. The molecule has 0 heterocycles. The van der Waals surface area contributed by atoms with Crippen LogP contribution in [0.3, 0.4) is 0 Å². The molecule has 0 radical (unpaired) electrons. The van der Waals surface area contributed by atoms with Crippen LogP contribution in [0.25, 0.3) is 0 Å². The molecule has 6 nitrogen and oxygen atoms in total. The van der Waals surface area contributed by atoms with E-state index in [4.69, 9.17) is 28.9 Å². The third-order valence-corrected chi connectivity index (χ3v) is 3.46. The van der Waals surface area contributed by atoms with E-state index < -0.39 is 17.8 Å². The van der Waals surface area contributed by atoms with Crippen LogP contribution in [-0.4, -0.2) is 25.0 Å². The maximum atomic E-state index is 13.5. The first-order chi connectivity index (χ1) is 11.9. The summed E-state index contributed by atoms with van der Waals surface area (Å²) in [6.07, 6.45) is 0. The summed E-state index contributed by atoms with van der Waals surface area (Å²) < 4.78 is 13.5. The van der Waals surface area contributed by atoms with E-state index in [9.17, 15) is 14.0 Å². The van der Waals surface area contributed by atoms with Crippen LogP contribution in [-0.2, 0) is 0 Å². The number of urea groups is 1. The van der Waals surface area contributed by atoms with Gasteiger partial charge in [-0.1, -0.05) is 23.2 Å². The zero-order valence-corrected chi connectivity index (χ0v) is 14.4. The number of carbonyl (C=O) groups is 2. The summed E-state index contributed by atoms with van der Waals surface area (Å²) in [6, 6.07) is 7.25. The van der Waals surface area contributed by atoms with Crippen molar-refractivity contribution in [3.8, 4) is 0 Å². The molecule has 9 heteroatoms. The Balaban J connectivity index is 2.16. The Kier molecular flexibility index (Phi) is 6.58. The van der Waals surface area contributed by atoms with Crippen molar-refractivity contribution in [2.45, 2.75) is 0 Å². The van der Waals surface area contributed by atoms with Crippen molar-refractivity contribution in [1.82, 2.24) is 5.32 Å². The topological polar surface area (TPSA) is 96.2 Å². The highest BCUT2D eigenvalue weighted by atomic mass is 35.5. The molecule has 0 aliphatic rings. The average Bonchev–Trinajstić information content (AvgIpc) is 2.51. The summed E-state index contributed by atoms with van der Waals surface area (Å²) >= 11 is 11.7. The maximum Gasteiger partial charge on any atom is 0.323 e. The number of rotatable bonds is 5. The Bertz CT molecular complexity index is 781. The zero-order valence-electron chi connectivity index (χ0n) is 12.9. The maximum absolute atomic E-state index is 13.5. The van der Waals surface area contributed by atoms with Gasteiger partial charge in [-0.25, -0.2) is 9.18 Å². The van der Waals surface area contributed by atoms with E-state index in [1.165, 1.54) is 24.3 Å². The van der Waals surface area contributed by atoms with E-state index in [1.807, 2.05) is 0 Å². The Morgan fingerprint density at radius 2 is 1.72 bits per heavy atom. The molecule has 0 saturated heterocycles. The minimum Gasteiger partial charge on any atom is -0.351 e. The highest BCUT2D eigenvalue weighted by Crippen LogP contribution is 2.23. The van der Waals surface area contributed by atoms with Crippen LogP contribution in [0.1, 0.15) is 10.4 Å². The van der Waals surface area contributed by atoms with Crippen molar-refractivity contribution in [2.75, 3.05) is 23.7 Å². The van der Waals surface area contributed by atoms with E-state index in [2.05, 4.69) is 16.0 Å². The summed E-state index contributed by atoms with van der Waals surface area (Å²) in [5, 5.41) is 8.17. The Morgan fingerprint density at radius 1 is 1.04 bits per heavy atom. The molecule has 0 unspecified atom stereocenters. The molecule has 0 fully saturated rings. The van der Waals surface area contributed by atoms with Crippen LogP contribution in [0.2, 0.25) is 10.0 Å². The van der Waals surface area contributed by atoms with Crippen LogP contribution in [0.15, 0.2) is 36.4 Å². The molecule has 25 heavy (non-hydrogen) atoms. The Morgan fingerprint density at radius 3 is 2.36 bits per heavy atom. The number of nitrogens with two attached hydrogens (primary N) is 1. The SMILES string of the molecule is NCCNC(=O)c1ccc(F)cc1NC(=O)Nc1cc(Cl)cc(Cl)c1. The van der Waals surface area contributed by atoms with E-state index in [0.29, 0.717) is 15.7 Å². The molecule has 0 saturated carbocycles. The van der Waals surface area contributed by atoms with Crippen molar-refractivity contribution in [3.63, 3.8) is 0 Å². The monoisotopic (exact) mass is 384 g/mol. The second kappa shape index (κ2) is 8.66. The predicted octanol–water partition coefficient (Wildman–Crippen LogP) is 3.47. The van der Waals surface area contributed by atoms with Gasteiger partial charge in [0, 0.05) is 28.8 Å². The smallest absolute Gasteiger partial charge is 0.323 e. The second-order valence-corrected chi connectivity index (χ2v) is 5.84. The quantitative estimate of drug-likeness (QED) is 0.635. The lowest BCUT2D eigenvalue weighted by Crippen LogP contribution is -2.30. The van der Waals surface area contributed by atoms with Gasteiger partial charge in [-0.15, -0.1) is 0 Å². The third kappa shape index (κ3) is 5.60. The summed E-state index contributed by atoms with van der Waals surface area (Å²) in [4.78, 5) is 24.2. The van der Waals surface area contributed by atoms with Gasteiger partial charge in [0.2, 0.25) is 0 Å². The molecular formula is C16H15Cl2FN4O2. The number of anilines is 2. The van der Waals surface area contributed by atoms with Gasteiger partial charge in [0.1, 0.15) is 5.82 Å². The van der Waals surface area contributed by atoms with Crippen molar-refractivity contribution in [2.24, 2.45) is 5.73 Å². The highest BCUT2D eigenvalue weighted by Gasteiger charge is 2.14. The number of hydrogen-bond donors (Lipinski definition) is 4. The molecule has 0 spiro atoms. The number of nitrogens with one attached hydrogen (secondary N) is 3. The molecule has 2 aromatic rings. The van der Waals surface area contributed by atoms with Crippen molar-refractivity contribution in [1.29, 1.82) is 0 Å². The second-order valence-electron chi connectivity index (χ2n) is 4.97. The highest BCUT2D eigenvalue weighted by molar-refractivity contribution is 6.35. The van der Waals surface area contributed by atoms with Gasteiger partial charge in [-0.3, -0.25) is 4.79 Å². The van der Waals surface area contributed by atoms with Gasteiger partial charge >= 0.3 is 6.03 Å². The Labute approximate surface area is 153 Å². The van der Waals surface area contributed by atoms with E-state index >= 15 is 0 Å². The number of halogens is 3. The molecule has 5 N–H and O–H groups in total. The van der Waals surface area contributed by atoms with Crippen LogP contribution < -0.4 is 21.7 Å². The lowest BCUT2D eigenvalue weighted by molar-refractivity contribution is 0.0955. The fourth-order valence-corrected chi connectivity index (χ4v) is 2.54. The van der Waals surface area contributed by atoms with Gasteiger partial charge in [-0.2, -0.15) is 0 Å². The van der Waals surface area contributed by atoms with Gasteiger partial charge in [0.05, 0.1) is 11.3 Å². The number of amides is 3. The van der Waals surface area contributed by atoms with E-state index in [0.717, 1.165) is 12.1 Å². The van der Waals surface area contributed by atoms with Crippen molar-refractivity contribution in [3.05, 3.63) is 57.8 Å². The van der Waals surface area contributed by atoms with Gasteiger partial charge in [0.25, 0.3) is 5.91 Å². The molecule has 0 aliphatic heterocycles. The molecule has 0 aliphatic carbocycles. The fourth-order valence-electron chi connectivity index (χ4n) is 2.01. The standard InChI is InChI=1S/C16H15Cl2FN4O2/c17-9-5-10(18)7-12(6-9)22-16(25)23-14-8-11(19)1-2-13(14)15(24)21-4-3-20/h1-2,5-8H,3-4,20H2,(H,21,24)(H2,22,23,25). The van der Waals surface area contributed by atoms with Gasteiger partial charge in [-0.05, 0) is 36.4 Å². The summed E-state index contributed by atoms with van der Waals surface area (Å²) in [5.74, 6) is -1.08. The van der Waals surface area contributed by atoms with Crippen LogP contribution >= 0.6 is 23.2 Å². The van der Waals surface area contributed by atoms with Crippen LogP contribution in [0.4, 0.5) is 20.6 Å². The van der Waals surface area contributed by atoms with Gasteiger partial charge < -0.3 is 21.7 Å². The summed E-state index contributed by atoms with van der Waals surface area (Å²) in [6.45, 7) is 0.509. The fraction of sp³-hybridized carbons (Fsp3) is 0.125. The molecule has 3 amide bonds. The summed E-state index contributed by atoms with van der Waals surface area (Å²) in [7, 11) is 0. The van der Waals surface area contributed by atoms with Crippen LogP contribution in [0, 0.1) is 5.82 Å². The lowest BCUT2D eigenvalue weighted by atomic mass is 10.1. The molecule has 2 rings (SSSR count). The molecular weight excluding hydrogens is 370 g/mol. The van der Waals surface area contributed by atoms with Crippen LogP contribution in [0.5, 0.6) is 0 Å².